The number of methoxy groups -OCH3 is 1. The Bertz CT molecular complexity index is 535. The largest absolute Gasteiger partial charge is 0.496 e. The number of benzene rings is 1. The SMILES string of the molecule is COc1cc(F)c(Br)cc1C(=O)C1C(C)(C)C1(C)C. The van der Waals surface area contributed by atoms with Crippen molar-refractivity contribution in [3.8, 4) is 5.75 Å². The Hall–Kier alpha value is -0.900. The fourth-order valence-electron chi connectivity index (χ4n) is 2.90. The van der Waals surface area contributed by atoms with Crippen LogP contribution in [0.15, 0.2) is 16.6 Å². The molecule has 0 amide bonds. The van der Waals surface area contributed by atoms with E-state index >= 15 is 0 Å². The summed E-state index contributed by atoms with van der Waals surface area (Å²) in [5, 5.41) is 0. The van der Waals surface area contributed by atoms with E-state index in [0.29, 0.717) is 11.3 Å². The first-order chi connectivity index (χ1) is 8.64. The van der Waals surface area contributed by atoms with Gasteiger partial charge >= 0.3 is 0 Å². The molecule has 4 heteroatoms. The summed E-state index contributed by atoms with van der Waals surface area (Å²) in [6.45, 7) is 8.34. The number of ketones is 1. The van der Waals surface area contributed by atoms with Crippen molar-refractivity contribution in [2.45, 2.75) is 27.7 Å². The van der Waals surface area contributed by atoms with Gasteiger partial charge in [0.25, 0.3) is 0 Å². The first-order valence-corrected chi connectivity index (χ1v) is 7.01. The lowest BCUT2D eigenvalue weighted by Crippen LogP contribution is -2.10. The summed E-state index contributed by atoms with van der Waals surface area (Å²) < 4.78 is 18.9. The lowest BCUT2D eigenvalue weighted by Gasteiger charge is -2.10. The van der Waals surface area contributed by atoms with Crippen LogP contribution in [0.1, 0.15) is 38.1 Å². The van der Waals surface area contributed by atoms with E-state index in [0.717, 1.165) is 0 Å². The predicted molar refractivity (Wildman–Crippen MR) is 76.0 cm³/mol. The summed E-state index contributed by atoms with van der Waals surface area (Å²) in [6.07, 6.45) is 0. The minimum absolute atomic E-state index is 0.0209. The molecule has 0 bridgehead atoms. The predicted octanol–water partition coefficient (Wildman–Crippen LogP) is 4.46. The summed E-state index contributed by atoms with van der Waals surface area (Å²) in [4.78, 5) is 12.7. The van der Waals surface area contributed by atoms with Gasteiger partial charge in [-0.2, -0.15) is 0 Å². The third-order valence-corrected chi connectivity index (χ3v) is 5.40. The van der Waals surface area contributed by atoms with Crippen LogP contribution in [0, 0.1) is 22.6 Å². The Morgan fingerprint density at radius 1 is 1.26 bits per heavy atom. The molecular weight excluding hydrogens is 311 g/mol. The summed E-state index contributed by atoms with van der Waals surface area (Å²) in [5.41, 5.74) is 0.353. The Kier molecular flexibility index (Phi) is 3.28. The molecule has 0 unspecified atom stereocenters. The summed E-state index contributed by atoms with van der Waals surface area (Å²) >= 11 is 3.12. The lowest BCUT2D eigenvalue weighted by atomic mass is 10.0. The van der Waals surface area contributed by atoms with Crippen LogP contribution in [0.4, 0.5) is 4.39 Å². The molecule has 0 aliphatic heterocycles. The molecule has 1 aliphatic carbocycles. The van der Waals surface area contributed by atoms with E-state index in [-0.39, 0.29) is 27.0 Å². The highest BCUT2D eigenvalue weighted by Crippen LogP contribution is 2.69. The van der Waals surface area contributed by atoms with E-state index in [9.17, 15) is 9.18 Å². The minimum Gasteiger partial charge on any atom is -0.496 e. The molecule has 1 fully saturated rings. The maximum absolute atomic E-state index is 13.5. The number of hydrogen-bond donors (Lipinski definition) is 0. The van der Waals surface area contributed by atoms with Gasteiger partial charge in [-0.25, -0.2) is 4.39 Å². The van der Waals surface area contributed by atoms with Crippen molar-refractivity contribution in [2.75, 3.05) is 7.11 Å². The third kappa shape index (κ3) is 2.00. The van der Waals surface area contributed by atoms with Gasteiger partial charge in [0, 0.05) is 12.0 Å². The fourth-order valence-corrected chi connectivity index (χ4v) is 3.24. The standard InChI is InChI=1S/C15H18BrFO2/c1-14(2)13(15(14,3)4)12(18)8-6-9(16)10(17)7-11(8)19-5/h6-7,13H,1-5H3. The number of carbonyl (C=O) groups is 1. The van der Waals surface area contributed by atoms with Crippen molar-refractivity contribution in [1.82, 2.24) is 0 Å². The average Bonchev–Trinajstić information content (AvgIpc) is 2.72. The van der Waals surface area contributed by atoms with Crippen LogP contribution in [0.2, 0.25) is 0 Å². The minimum atomic E-state index is -0.428. The molecule has 0 radical (unpaired) electrons. The van der Waals surface area contributed by atoms with Gasteiger partial charge in [0.2, 0.25) is 0 Å². The van der Waals surface area contributed by atoms with Crippen LogP contribution < -0.4 is 4.74 Å². The Morgan fingerprint density at radius 3 is 2.21 bits per heavy atom. The molecular formula is C15H18BrFO2. The highest BCUT2D eigenvalue weighted by molar-refractivity contribution is 9.10. The van der Waals surface area contributed by atoms with E-state index in [1.165, 1.54) is 19.2 Å². The third-order valence-electron chi connectivity index (χ3n) is 4.79. The molecule has 1 saturated carbocycles. The number of halogens is 2. The Balaban J connectivity index is 2.44. The number of rotatable bonds is 3. The van der Waals surface area contributed by atoms with Crippen LogP contribution >= 0.6 is 15.9 Å². The van der Waals surface area contributed by atoms with Crippen molar-refractivity contribution in [3.05, 3.63) is 28.0 Å². The van der Waals surface area contributed by atoms with E-state index in [2.05, 4.69) is 43.6 Å². The molecule has 1 aromatic carbocycles. The van der Waals surface area contributed by atoms with Crippen molar-refractivity contribution in [1.29, 1.82) is 0 Å². The summed E-state index contributed by atoms with van der Waals surface area (Å²) in [5.74, 6) is -0.175. The molecule has 0 heterocycles. The summed E-state index contributed by atoms with van der Waals surface area (Å²) in [6, 6.07) is 2.76. The van der Waals surface area contributed by atoms with Crippen LogP contribution in [0.25, 0.3) is 0 Å². The van der Waals surface area contributed by atoms with E-state index < -0.39 is 5.82 Å². The maximum atomic E-state index is 13.5. The Morgan fingerprint density at radius 2 is 1.79 bits per heavy atom. The number of carbonyl (C=O) groups excluding carboxylic acids is 1. The highest BCUT2D eigenvalue weighted by atomic mass is 79.9. The average molecular weight is 329 g/mol. The fraction of sp³-hybridized carbons (Fsp3) is 0.533. The monoisotopic (exact) mass is 328 g/mol. The molecule has 2 nitrogen and oxygen atoms in total. The Labute approximate surface area is 121 Å². The normalized spacial score (nSPS) is 20.2. The molecule has 0 saturated heterocycles. The number of ether oxygens (including phenoxy) is 1. The summed E-state index contributed by atoms with van der Waals surface area (Å²) in [7, 11) is 1.45. The second-order valence-corrected chi connectivity index (χ2v) is 7.06. The van der Waals surface area contributed by atoms with Gasteiger partial charge in [0.05, 0.1) is 17.1 Å². The van der Waals surface area contributed by atoms with Crippen molar-refractivity contribution in [2.24, 2.45) is 16.7 Å². The number of Topliss-reactive ketones (excluding diaryl/α,β-unsaturated/α-hetero) is 1. The molecule has 104 valence electrons. The first-order valence-electron chi connectivity index (χ1n) is 6.22. The zero-order valence-electron chi connectivity index (χ0n) is 11.8. The van der Waals surface area contributed by atoms with E-state index in [1.54, 1.807) is 0 Å². The van der Waals surface area contributed by atoms with Crippen LogP contribution in [0.3, 0.4) is 0 Å². The second kappa shape index (κ2) is 4.30. The van der Waals surface area contributed by atoms with Gasteiger partial charge in [0.15, 0.2) is 5.78 Å². The van der Waals surface area contributed by atoms with Crippen molar-refractivity contribution >= 4 is 21.7 Å². The van der Waals surface area contributed by atoms with Gasteiger partial charge < -0.3 is 4.74 Å². The molecule has 1 aromatic rings. The quantitative estimate of drug-likeness (QED) is 0.765. The molecule has 0 spiro atoms. The van der Waals surface area contributed by atoms with E-state index in [4.69, 9.17) is 4.74 Å². The smallest absolute Gasteiger partial charge is 0.170 e. The topological polar surface area (TPSA) is 26.3 Å². The second-order valence-electron chi connectivity index (χ2n) is 6.21. The molecule has 1 aliphatic rings. The van der Waals surface area contributed by atoms with Gasteiger partial charge in [-0.15, -0.1) is 0 Å². The zero-order chi connectivity index (χ0) is 14.6. The molecule has 19 heavy (non-hydrogen) atoms. The van der Waals surface area contributed by atoms with Crippen LogP contribution in [-0.4, -0.2) is 12.9 Å². The van der Waals surface area contributed by atoms with Gasteiger partial charge in [-0.3, -0.25) is 4.79 Å². The first kappa shape index (κ1) is 14.5. The molecule has 2 rings (SSSR count). The highest BCUT2D eigenvalue weighted by Gasteiger charge is 2.68. The molecule has 0 aromatic heterocycles. The molecule has 0 atom stereocenters. The molecule has 0 N–H and O–H groups in total. The van der Waals surface area contributed by atoms with Crippen LogP contribution in [0.5, 0.6) is 5.75 Å². The van der Waals surface area contributed by atoms with Gasteiger partial charge in [-0.05, 0) is 32.8 Å². The van der Waals surface area contributed by atoms with E-state index in [1.807, 2.05) is 0 Å². The van der Waals surface area contributed by atoms with Gasteiger partial charge in [-0.1, -0.05) is 27.7 Å². The van der Waals surface area contributed by atoms with Crippen LogP contribution in [-0.2, 0) is 0 Å². The number of hydrogen-bond acceptors (Lipinski definition) is 2. The van der Waals surface area contributed by atoms with Gasteiger partial charge in [0.1, 0.15) is 11.6 Å². The lowest BCUT2D eigenvalue weighted by molar-refractivity contribution is 0.0942. The maximum Gasteiger partial charge on any atom is 0.170 e. The zero-order valence-corrected chi connectivity index (χ0v) is 13.4. The van der Waals surface area contributed by atoms with Crippen molar-refractivity contribution in [3.63, 3.8) is 0 Å². The van der Waals surface area contributed by atoms with Crippen molar-refractivity contribution < 1.29 is 13.9 Å².